The number of carbonyl (C=O) groups excluding carboxylic acids is 5. The molecule has 0 aromatic heterocycles. The van der Waals surface area contributed by atoms with Crippen molar-refractivity contribution in [3.8, 4) is 11.1 Å². The zero-order chi connectivity index (χ0) is 39.6. The number of nitrogens with zero attached hydrogens (tertiary/aromatic N) is 1. The molecule has 10 nitrogen and oxygen atoms in total. The molecule has 0 atom stereocenters. The highest BCUT2D eigenvalue weighted by molar-refractivity contribution is 6.12. The zero-order valence-electron chi connectivity index (χ0n) is 30.5. The van der Waals surface area contributed by atoms with Crippen molar-refractivity contribution in [2.45, 2.75) is 45.2 Å². The third kappa shape index (κ3) is 9.32. The van der Waals surface area contributed by atoms with Crippen LogP contribution in [-0.4, -0.2) is 68.5 Å². The summed E-state index contributed by atoms with van der Waals surface area (Å²) in [4.78, 5) is 68.6. The Labute approximate surface area is 311 Å². The van der Waals surface area contributed by atoms with Crippen LogP contribution in [0.3, 0.4) is 0 Å². The number of benzene rings is 4. The largest absolute Gasteiger partial charge is 0.465 e. The van der Waals surface area contributed by atoms with E-state index in [1.807, 2.05) is 0 Å². The van der Waals surface area contributed by atoms with Crippen molar-refractivity contribution in [3.05, 3.63) is 124 Å². The first-order valence-electron chi connectivity index (χ1n) is 17.1. The van der Waals surface area contributed by atoms with E-state index in [4.69, 9.17) is 14.2 Å². The lowest BCUT2D eigenvalue weighted by atomic mass is 9.77. The number of hydrogen-bond acceptors (Lipinski definition) is 8. The van der Waals surface area contributed by atoms with E-state index >= 15 is 0 Å². The number of amides is 2. The van der Waals surface area contributed by atoms with Gasteiger partial charge in [-0.25, -0.2) is 0 Å². The number of anilines is 1. The van der Waals surface area contributed by atoms with Crippen molar-refractivity contribution in [1.29, 1.82) is 0 Å². The van der Waals surface area contributed by atoms with Gasteiger partial charge in [-0.1, -0.05) is 72.3 Å². The molecule has 0 aliphatic heterocycles. The van der Waals surface area contributed by atoms with Gasteiger partial charge in [0.05, 0.1) is 43.1 Å². The molecule has 4 aromatic rings. The highest BCUT2D eigenvalue weighted by Crippen LogP contribution is 2.34. The van der Waals surface area contributed by atoms with Crippen molar-refractivity contribution in [2.24, 2.45) is 0 Å². The molecule has 4 aromatic carbocycles. The quantitative estimate of drug-likeness (QED) is 0.0818. The summed E-state index contributed by atoms with van der Waals surface area (Å²) in [5, 5.41) is 2.75. The van der Waals surface area contributed by atoms with Crippen LogP contribution >= 0.6 is 0 Å². The van der Waals surface area contributed by atoms with Gasteiger partial charge >= 0.3 is 24.1 Å². The first-order valence-corrected chi connectivity index (χ1v) is 17.1. The number of carbonyl (C=O) groups is 5. The summed E-state index contributed by atoms with van der Waals surface area (Å²) >= 11 is 0. The highest BCUT2D eigenvalue weighted by Gasteiger charge is 2.50. The minimum Gasteiger partial charge on any atom is -0.465 e. The van der Waals surface area contributed by atoms with Crippen molar-refractivity contribution < 1.29 is 51.4 Å². The number of ether oxygens (including phenoxy) is 3. The molecule has 4 rings (SSSR count). The Morgan fingerprint density at radius 3 is 1.94 bits per heavy atom. The Morgan fingerprint density at radius 1 is 0.741 bits per heavy atom. The Balaban J connectivity index is 1.61. The van der Waals surface area contributed by atoms with Gasteiger partial charge in [-0.15, -0.1) is 0 Å². The Bertz CT molecular complexity index is 1980. The maximum Gasteiger partial charge on any atom is 0.416 e. The summed E-state index contributed by atoms with van der Waals surface area (Å²) in [6, 6.07) is 22.1. The van der Waals surface area contributed by atoms with Crippen LogP contribution in [0.4, 0.5) is 18.9 Å². The molecule has 284 valence electrons. The molecule has 0 aliphatic carbocycles. The molecular formula is C41H41F3N2O8. The third-order valence-corrected chi connectivity index (χ3v) is 8.55. The van der Waals surface area contributed by atoms with E-state index in [0.717, 1.165) is 17.7 Å². The van der Waals surface area contributed by atoms with Crippen molar-refractivity contribution >= 4 is 35.4 Å². The number of halogens is 3. The van der Waals surface area contributed by atoms with Crippen LogP contribution in [-0.2, 0) is 46.6 Å². The summed E-state index contributed by atoms with van der Waals surface area (Å²) in [6.07, 6.45) is -5.24. The minimum atomic E-state index is -4.53. The van der Waals surface area contributed by atoms with Crippen LogP contribution in [0.5, 0.6) is 0 Å². The lowest BCUT2D eigenvalue weighted by Gasteiger charge is -2.29. The summed E-state index contributed by atoms with van der Waals surface area (Å²) in [5.41, 5.74) is -0.500. The van der Waals surface area contributed by atoms with Gasteiger partial charge in [0, 0.05) is 26.1 Å². The molecule has 0 bridgehead atoms. The van der Waals surface area contributed by atoms with E-state index in [-0.39, 0.29) is 48.6 Å². The van der Waals surface area contributed by atoms with Gasteiger partial charge in [-0.05, 0) is 67.3 Å². The molecular weight excluding hydrogens is 705 g/mol. The molecule has 54 heavy (non-hydrogen) atoms. The average Bonchev–Trinajstić information content (AvgIpc) is 3.13. The number of esters is 3. The van der Waals surface area contributed by atoms with Gasteiger partial charge in [0.1, 0.15) is 0 Å². The molecule has 0 radical (unpaired) electrons. The van der Waals surface area contributed by atoms with Gasteiger partial charge in [0.15, 0.2) is 5.41 Å². The standard InChI is InChI=1S/C41H41F3N2O8/c1-6-52-38(50)40(39(51)53-7-2,29-13-9-8-10-14-29)22-23-54-34(47)25-28-12-11-15-33(35(28)37(49)46(4)5)45-36(48)31-21-16-26(3)24-32(31)27-17-19-30(20-18-27)41(42,43)44/h8-21,24H,6-7,22-23,25H2,1-5H3,(H,45,48). The minimum absolute atomic E-state index is 0.00710. The Morgan fingerprint density at radius 2 is 1.37 bits per heavy atom. The van der Waals surface area contributed by atoms with Crippen molar-refractivity contribution in [1.82, 2.24) is 4.90 Å². The lowest BCUT2D eigenvalue weighted by Crippen LogP contribution is -2.47. The Hall–Kier alpha value is -5.98. The normalized spacial score (nSPS) is 11.3. The van der Waals surface area contributed by atoms with Crippen molar-refractivity contribution in [3.63, 3.8) is 0 Å². The first-order chi connectivity index (χ1) is 25.6. The molecule has 2 amide bonds. The van der Waals surface area contributed by atoms with E-state index in [9.17, 15) is 37.1 Å². The fourth-order valence-electron chi connectivity index (χ4n) is 5.87. The van der Waals surface area contributed by atoms with Crippen LogP contribution in [0.25, 0.3) is 11.1 Å². The van der Waals surface area contributed by atoms with Gasteiger partial charge in [0.2, 0.25) is 0 Å². The molecule has 0 aliphatic rings. The van der Waals surface area contributed by atoms with E-state index < -0.39 is 53.3 Å². The average molecular weight is 747 g/mol. The number of rotatable bonds is 14. The molecule has 0 fully saturated rings. The number of hydrogen-bond donors (Lipinski definition) is 1. The number of alkyl halides is 3. The second-order valence-electron chi connectivity index (χ2n) is 12.5. The molecule has 0 saturated carbocycles. The molecule has 0 spiro atoms. The monoisotopic (exact) mass is 746 g/mol. The number of aryl methyl sites for hydroxylation is 1. The van der Waals surface area contributed by atoms with Crippen LogP contribution in [0.2, 0.25) is 0 Å². The van der Waals surface area contributed by atoms with Crippen molar-refractivity contribution in [2.75, 3.05) is 39.2 Å². The van der Waals surface area contributed by atoms with Gasteiger partial charge in [0.25, 0.3) is 11.8 Å². The summed E-state index contributed by atoms with van der Waals surface area (Å²) in [5.74, 6) is -3.68. The second-order valence-corrected chi connectivity index (χ2v) is 12.5. The smallest absolute Gasteiger partial charge is 0.416 e. The summed E-state index contributed by atoms with van der Waals surface area (Å²) in [6.45, 7) is 4.56. The molecule has 13 heteroatoms. The fourth-order valence-corrected chi connectivity index (χ4v) is 5.87. The first kappa shape index (κ1) is 40.8. The predicted octanol–water partition coefficient (Wildman–Crippen LogP) is 7.17. The van der Waals surface area contributed by atoms with E-state index in [1.165, 1.54) is 49.3 Å². The highest BCUT2D eigenvalue weighted by atomic mass is 19.4. The topological polar surface area (TPSA) is 128 Å². The molecule has 0 unspecified atom stereocenters. The van der Waals surface area contributed by atoms with Crippen LogP contribution in [0, 0.1) is 6.92 Å². The number of nitrogens with one attached hydrogen (secondary N) is 1. The summed E-state index contributed by atoms with van der Waals surface area (Å²) < 4.78 is 55.8. The second kappa shape index (κ2) is 17.7. The summed E-state index contributed by atoms with van der Waals surface area (Å²) in [7, 11) is 3.00. The van der Waals surface area contributed by atoms with Gasteiger partial charge < -0.3 is 24.4 Å². The van der Waals surface area contributed by atoms with Crippen LogP contribution in [0.15, 0.2) is 91.0 Å². The fraction of sp³-hybridized carbons (Fsp3) is 0.293. The van der Waals surface area contributed by atoms with Gasteiger partial charge in [-0.3, -0.25) is 24.0 Å². The molecule has 0 heterocycles. The van der Waals surface area contributed by atoms with E-state index in [0.29, 0.717) is 16.7 Å². The molecule has 1 N–H and O–H groups in total. The SMILES string of the molecule is CCOC(=O)C(CCOC(=O)Cc1cccc(NC(=O)c2ccc(C)cc2-c2ccc(C(F)(F)F)cc2)c1C(=O)N(C)C)(C(=O)OCC)c1ccccc1. The maximum atomic E-state index is 13.8. The Kier molecular flexibility index (Phi) is 13.4. The van der Waals surface area contributed by atoms with Gasteiger partial charge in [-0.2, -0.15) is 13.2 Å². The van der Waals surface area contributed by atoms with Crippen LogP contribution < -0.4 is 5.32 Å². The van der Waals surface area contributed by atoms with E-state index in [2.05, 4.69) is 5.32 Å². The van der Waals surface area contributed by atoms with Crippen LogP contribution in [0.1, 0.15) is 63.2 Å². The van der Waals surface area contributed by atoms with E-state index in [1.54, 1.807) is 69.3 Å². The maximum absolute atomic E-state index is 13.8. The third-order valence-electron chi connectivity index (χ3n) is 8.55. The lowest BCUT2D eigenvalue weighted by molar-refractivity contribution is -0.167. The molecule has 0 saturated heterocycles. The zero-order valence-corrected chi connectivity index (χ0v) is 30.5. The predicted molar refractivity (Wildman–Crippen MR) is 195 cm³/mol.